The second kappa shape index (κ2) is 5.65. The molecule has 1 amide bonds. The summed E-state index contributed by atoms with van der Waals surface area (Å²) in [5, 5.41) is 9.25. The summed E-state index contributed by atoms with van der Waals surface area (Å²) in [4.78, 5) is 25.6. The van der Waals surface area contributed by atoms with E-state index in [2.05, 4.69) is 0 Å². The van der Waals surface area contributed by atoms with Crippen LogP contribution >= 0.6 is 0 Å². The zero-order valence-corrected chi connectivity index (χ0v) is 12.0. The fraction of sp³-hybridized carbons (Fsp3) is 0.500. The zero-order valence-electron chi connectivity index (χ0n) is 12.0. The Bertz CT molecular complexity index is 500. The number of rotatable bonds is 4. The molecule has 0 spiro atoms. The predicted octanol–water partition coefficient (Wildman–Crippen LogP) is 2.50. The summed E-state index contributed by atoms with van der Waals surface area (Å²) < 4.78 is 0. The van der Waals surface area contributed by atoms with Crippen LogP contribution in [0.15, 0.2) is 30.3 Å². The standard InChI is InChI=1S/C16H21NO3/c1-3-13(12-7-5-4-6-8-12)14(18)17-10-9-16(2,11-17)15(19)20/h4-8,13H,3,9-11H2,1-2H3,(H,19,20). The second-order valence-corrected chi connectivity index (χ2v) is 5.75. The molecule has 1 aromatic rings. The van der Waals surface area contributed by atoms with E-state index in [1.807, 2.05) is 37.3 Å². The van der Waals surface area contributed by atoms with E-state index >= 15 is 0 Å². The number of amides is 1. The first-order valence-electron chi connectivity index (χ1n) is 7.05. The number of hydrogen-bond donors (Lipinski definition) is 1. The SMILES string of the molecule is CCC(C(=O)N1CCC(C)(C(=O)O)C1)c1ccccc1. The van der Waals surface area contributed by atoms with Gasteiger partial charge < -0.3 is 10.0 Å². The Labute approximate surface area is 119 Å². The molecular formula is C16H21NO3. The smallest absolute Gasteiger partial charge is 0.311 e. The molecule has 2 rings (SSSR count). The first-order valence-corrected chi connectivity index (χ1v) is 7.05. The van der Waals surface area contributed by atoms with Crippen LogP contribution in [0.5, 0.6) is 0 Å². The molecule has 4 heteroatoms. The number of aliphatic carboxylic acids is 1. The van der Waals surface area contributed by atoms with Crippen molar-refractivity contribution in [2.45, 2.75) is 32.6 Å². The Balaban J connectivity index is 2.13. The lowest BCUT2D eigenvalue weighted by Gasteiger charge is -2.24. The van der Waals surface area contributed by atoms with Crippen molar-refractivity contribution in [1.82, 2.24) is 4.90 Å². The highest BCUT2D eigenvalue weighted by atomic mass is 16.4. The normalized spacial score (nSPS) is 23.6. The van der Waals surface area contributed by atoms with E-state index < -0.39 is 11.4 Å². The van der Waals surface area contributed by atoms with Gasteiger partial charge in [0.05, 0.1) is 11.3 Å². The van der Waals surface area contributed by atoms with E-state index in [1.165, 1.54) is 0 Å². The van der Waals surface area contributed by atoms with Crippen LogP contribution < -0.4 is 0 Å². The monoisotopic (exact) mass is 275 g/mol. The van der Waals surface area contributed by atoms with Crippen molar-refractivity contribution in [2.24, 2.45) is 5.41 Å². The van der Waals surface area contributed by atoms with Crippen LogP contribution in [0.4, 0.5) is 0 Å². The third-order valence-electron chi connectivity index (χ3n) is 4.21. The van der Waals surface area contributed by atoms with E-state index in [-0.39, 0.29) is 11.8 Å². The number of carboxylic acids is 1. The molecule has 1 aliphatic heterocycles. The molecule has 4 nitrogen and oxygen atoms in total. The van der Waals surface area contributed by atoms with E-state index in [4.69, 9.17) is 0 Å². The van der Waals surface area contributed by atoms with Crippen LogP contribution in [0.2, 0.25) is 0 Å². The zero-order chi connectivity index (χ0) is 14.8. The Hall–Kier alpha value is -1.84. The number of nitrogens with zero attached hydrogens (tertiary/aromatic N) is 1. The second-order valence-electron chi connectivity index (χ2n) is 5.75. The van der Waals surface area contributed by atoms with Crippen molar-refractivity contribution in [2.75, 3.05) is 13.1 Å². The molecule has 0 radical (unpaired) electrons. The fourth-order valence-corrected chi connectivity index (χ4v) is 2.78. The van der Waals surface area contributed by atoms with E-state index in [1.54, 1.807) is 11.8 Å². The lowest BCUT2D eigenvalue weighted by atomic mass is 9.90. The lowest BCUT2D eigenvalue weighted by Crippen LogP contribution is -2.37. The van der Waals surface area contributed by atoms with Crippen molar-refractivity contribution >= 4 is 11.9 Å². The molecule has 2 atom stereocenters. The van der Waals surface area contributed by atoms with Crippen molar-refractivity contribution in [3.05, 3.63) is 35.9 Å². The van der Waals surface area contributed by atoms with Gasteiger partial charge in [-0.1, -0.05) is 37.3 Å². The number of benzene rings is 1. The van der Waals surface area contributed by atoms with Crippen LogP contribution in [0, 0.1) is 5.41 Å². The molecule has 1 aliphatic rings. The first kappa shape index (κ1) is 14.6. The number of hydrogen-bond acceptors (Lipinski definition) is 2. The largest absolute Gasteiger partial charge is 0.481 e. The highest BCUT2D eigenvalue weighted by molar-refractivity contribution is 5.85. The topological polar surface area (TPSA) is 57.6 Å². The molecular weight excluding hydrogens is 254 g/mol. The maximum Gasteiger partial charge on any atom is 0.311 e. The van der Waals surface area contributed by atoms with Gasteiger partial charge in [-0.25, -0.2) is 0 Å². The van der Waals surface area contributed by atoms with Gasteiger partial charge in [-0.3, -0.25) is 9.59 Å². The Kier molecular flexibility index (Phi) is 4.12. The molecule has 0 bridgehead atoms. The number of carboxylic acid groups (broad SMARTS) is 1. The van der Waals surface area contributed by atoms with E-state index in [9.17, 15) is 14.7 Å². The first-order chi connectivity index (χ1) is 9.48. The van der Waals surface area contributed by atoms with Gasteiger partial charge in [-0.2, -0.15) is 0 Å². The maximum atomic E-state index is 12.6. The minimum atomic E-state index is -0.819. The maximum absolute atomic E-state index is 12.6. The summed E-state index contributed by atoms with van der Waals surface area (Å²) in [6, 6.07) is 9.70. The van der Waals surface area contributed by atoms with E-state index in [0.717, 1.165) is 12.0 Å². The van der Waals surface area contributed by atoms with Gasteiger partial charge >= 0.3 is 5.97 Å². The number of likely N-dealkylation sites (tertiary alicyclic amines) is 1. The summed E-state index contributed by atoms with van der Waals surface area (Å²) in [5.41, 5.74) is 0.203. The van der Waals surface area contributed by atoms with Gasteiger partial charge in [-0.05, 0) is 25.3 Å². The Morgan fingerprint density at radius 2 is 2.00 bits per heavy atom. The molecule has 1 N–H and O–H groups in total. The van der Waals surface area contributed by atoms with Crippen LogP contribution in [0.25, 0.3) is 0 Å². The van der Waals surface area contributed by atoms with Crippen LogP contribution in [0.3, 0.4) is 0 Å². The highest BCUT2D eigenvalue weighted by Crippen LogP contribution is 2.33. The molecule has 0 aromatic heterocycles. The lowest BCUT2D eigenvalue weighted by molar-refractivity contribution is -0.147. The summed E-state index contributed by atoms with van der Waals surface area (Å²) in [5.74, 6) is -0.948. The van der Waals surface area contributed by atoms with Gasteiger partial charge in [0.25, 0.3) is 0 Å². The molecule has 1 saturated heterocycles. The Morgan fingerprint density at radius 3 is 2.50 bits per heavy atom. The molecule has 108 valence electrons. The third-order valence-corrected chi connectivity index (χ3v) is 4.21. The van der Waals surface area contributed by atoms with Crippen LogP contribution in [-0.4, -0.2) is 35.0 Å². The molecule has 0 saturated carbocycles. The number of carbonyl (C=O) groups excluding carboxylic acids is 1. The quantitative estimate of drug-likeness (QED) is 0.918. The average Bonchev–Trinajstić information content (AvgIpc) is 2.85. The average molecular weight is 275 g/mol. The molecule has 1 fully saturated rings. The summed E-state index contributed by atoms with van der Waals surface area (Å²) in [6.45, 7) is 4.55. The minimum Gasteiger partial charge on any atom is -0.481 e. The van der Waals surface area contributed by atoms with Gasteiger partial charge in [-0.15, -0.1) is 0 Å². The Morgan fingerprint density at radius 1 is 1.35 bits per heavy atom. The molecule has 20 heavy (non-hydrogen) atoms. The van der Waals surface area contributed by atoms with Gasteiger partial charge in [0.2, 0.25) is 5.91 Å². The summed E-state index contributed by atoms with van der Waals surface area (Å²) in [7, 11) is 0. The predicted molar refractivity (Wildman–Crippen MR) is 76.4 cm³/mol. The van der Waals surface area contributed by atoms with Crippen molar-refractivity contribution in [3.63, 3.8) is 0 Å². The van der Waals surface area contributed by atoms with E-state index in [0.29, 0.717) is 19.5 Å². The third kappa shape index (κ3) is 2.69. The van der Waals surface area contributed by atoms with Gasteiger partial charge in [0.1, 0.15) is 0 Å². The van der Waals surface area contributed by atoms with Crippen molar-refractivity contribution in [1.29, 1.82) is 0 Å². The van der Waals surface area contributed by atoms with Crippen molar-refractivity contribution < 1.29 is 14.7 Å². The van der Waals surface area contributed by atoms with Gasteiger partial charge in [0.15, 0.2) is 0 Å². The number of carbonyl (C=O) groups is 2. The molecule has 1 heterocycles. The molecule has 2 unspecified atom stereocenters. The summed E-state index contributed by atoms with van der Waals surface area (Å²) >= 11 is 0. The minimum absolute atomic E-state index is 0.0451. The van der Waals surface area contributed by atoms with Crippen LogP contribution in [-0.2, 0) is 9.59 Å². The van der Waals surface area contributed by atoms with Gasteiger partial charge in [0, 0.05) is 13.1 Å². The fourth-order valence-electron chi connectivity index (χ4n) is 2.78. The molecule has 0 aliphatic carbocycles. The molecule has 1 aromatic carbocycles. The highest BCUT2D eigenvalue weighted by Gasteiger charge is 2.43. The summed E-state index contributed by atoms with van der Waals surface area (Å²) in [6.07, 6.45) is 1.25. The van der Waals surface area contributed by atoms with Crippen LogP contribution in [0.1, 0.15) is 38.2 Å². The van der Waals surface area contributed by atoms with Crippen molar-refractivity contribution in [3.8, 4) is 0 Å².